The van der Waals surface area contributed by atoms with E-state index in [1.165, 1.54) is 42.1 Å². The van der Waals surface area contributed by atoms with Gasteiger partial charge in [-0.25, -0.2) is 27.0 Å². The van der Waals surface area contributed by atoms with E-state index < -0.39 is 22.1 Å². The van der Waals surface area contributed by atoms with Crippen LogP contribution in [0.25, 0.3) is 16.9 Å². The first-order valence-electron chi connectivity index (χ1n) is 7.91. The Morgan fingerprint density at radius 1 is 1.18 bits per heavy atom. The quantitative estimate of drug-likeness (QED) is 0.663. The highest BCUT2D eigenvalue weighted by Gasteiger charge is 2.19. The second-order valence-electron chi connectivity index (χ2n) is 5.77. The molecule has 0 spiro atoms. The van der Waals surface area contributed by atoms with Gasteiger partial charge in [0.2, 0.25) is 10.0 Å². The molecule has 9 heteroatoms. The average Bonchev–Trinajstić information content (AvgIpc) is 3.12. The van der Waals surface area contributed by atoms with Crippen LogP contribution in [-0.4, -0.2) is 25.3 Å². The van der Waals surface area contributed by atoms with Crippen molar-refractivity contribution < 1.29 is 21.9 Å². The molecule has 0 aliphatic heterocycles. The zero-order chi connectivity index (χ0) is 20.5. The van der Waals surface area contributed by atoms with Gasteiger partial charge in [0.15, 0.2) is 0 Å². The van der Waals surface area contributed by atoms with E-state index in [1.807, 2.05) is 0 Å². The minimum absolute atomic E-state index is 0.0990. The first kappa shape index (κ1) is 19.5. The number of alkyl halides is 2. The molecule has 2 N–H and O–H groups in total. The molecule has 0 saturated heterocycles. The van der Waals surface area contributed by atoms with Crippen molar-refractivity contribution in [3.8, 4) is 35.0 Å². The summed E-state index contributed by atoms with van der Waals surface area (Å²) in [7, 11) is -2.40. The molecular formula is C19H15F2N3O3S. The Morgan fingerprint density at radius 3 is 2.39 bits per heavy atom. The van der Waals surface area contributed by atoms with E-state index in [2.05, 4.69) is 11.0 Å². The van der Waals surface area contributed by atoms with Crippen molar-refractivity contribution in [1.82, 2.24) is 9.78 Å². The van der Waals surface area contributed by atoms with Gasteiger partial charge < -0.3 is 4.74 Å². The van der Waals surface area contributed by atoms with E-state index >= 15 is 0 Å². The summed E-state index contributed by atoms with van der Waals surface area (Å²) in [6, 6.07) is 11.6. The van der Waals surface area contributed by atoms with Gasteiger partial charge in [-0.05, 0) is 48.5 Å². The number of primary sulfonamides is 1. The summed E-state index contributed by atoms with van der Waals surface area (Å²) in [6.45, 7) is 0. The van der Waals surface area contributed by atoms with Gasteiger partial charge in [0.1, 0.15) is 11.4 Å². The number of ether oxygens (including phenoxy) is 1. The predicted octanol–water partition coefficient (Wildman–Crippen LogP) is 3.11. The molecular weight excluding hydrogens is 388 g/mol. The molecule has 0 amide bonds. The molecule has 28 heavy (non-hydrogen) atoms. The topological polar surface area (TPSA) is 87.2 Å². The van der Waals surface area contributed by atoms with Crippen molar-refractivity contribution in [2.75, 3.05) is 7.11 Å². The molecule has 0 saturated carbocycles. The normalized spacial score (nSPS) is 11.4. The maximum absolute atomic E-state index is 13.3. The van der Waals surface area contributed by atoms with Crippen LogP contribution in [0.2, 0.25) is 0 Å². The van der Waals surface area contributed by atoms with E-state index in [-0.39, 0.29) is 4.90 Å². The van der Waals surface area contributed by atoms with Crippen LogP contribution >= 0.6 is 0 Å². The Hall–Kier alpha value is -3.22. The van der Waals surface area contributed by atoms with Gasteiger partial charge in [-0.3, -0.25) is 0 Å². The third-order valence-corrected chi connectivity index (χ3v) is 4.94. The van der Waals surface area contributed by atoms with Crippen LogP contribution in [0.1, 0.15) is 17.7 Å². The molecule has 0 aliphatic rings. The predicted molar refractivity (Wildman–Crippen MR) is 99.8 cm³/mol. The smallest absolute Gasteiger partial charge is 0.282 e. The summed E-state index contributed by atoms with van der Waals surface area (Å²) in [5.41, 5.74) is 1.31. The van der Waals surface area contributed by atoms with Gasteiger partial charge in [0.05, 0.1) is 29.0 Å². The van der Waals surface area contributed by atoms with Crippen LogP contribution in [0.15, 0.2) is 53.4 Å². The number of nitrogens with zero attached hydrogens (tertiary/aromatic N) is 2. The lowest BCUT2D eigenvalue weighted by Gasteiger charge is -2.10. The third kappa shape index (κ3) is 3.74. The second kappa shape index (κ2) is 7.42. The number of benzene rings is 2. The van der Waals surface area contributed by atoms with Gasteiger partial charge in [0, 0.05) is 5.56 Å². The minimum atomic E-state index is -3.87. The van der Waals surface area contributed by atoms with Gasteiger partial charge in [-0.15, -0.1) is 6.42 Å². The van der Waals surface area contributed by atoms with E-state index in [4.69, 9.17) is 16.3 Å². The van der Waals surface area contributed by atoms with Gasteiger partial charge in [-0.1, -0.05) is 5.92 Å². The maximum Gasteiger partial charge on any atom is 0.282 e. The zero-order valence-electron chi connectivity index (χ0n) is 14.6. The maximum atomic E-state index is 13.3. The number of hydrogen-bond donors (Lipinski definition) is 1. The minimum Gasteiger partial charge on any atom is -0.495 e. The molecule has 6 nitrogen and oxygen atoms in total. The van der Waals surface area contributed by atoms with Crippen molar-refractivity contribution in [2.24, 2.45) is 5.14 Å². The average molecular weight is 403 g/mol. The lowest BCUT2D eigenvalue weighted by molar-refractivity contribution is 0.145. The summed E-state index contributed by atoms with van der Waals surface area (Å²) in [6.07, 6.45) is 2.71. The SMILES string of the molecule is C#Cc1cc(-c2cc(C(F)F)nn2-c2ccc(S(N)(=O)=O)cc2)ccc1OC. The summed E-state index contributed by atoms with van der Waals surface area (Å²) in [4.78, 5) is -0.0990. The molecule has 3 aromatic rings. The third-order valence-electron chi connectivity index (χ3n) is 4.01. The van der Waals surface area contributed by atoms with Crippen molar-refractivity contribution >= 4 is 10.0 Å². The largest absolute Gasteiger partial charge is 0.495 e. The number of aromatic nitrogens is 2. The monoisotopic (exact) mass is 403 g/mol. The molecule has 0 unspecified atom stereocenters. The first-order valence-corrected chi connectivity index (χ1v) is 9.45. The molecule has 1 heterocycles. The zero-order valence-corrected chi connectivity index (χ0v) is 15.5. The number of methoxy groups -OCH3 is 1. The Kier molecular flexibility index (Phi) is 5.18. The standard InChI is InChI=1S/C19H15F2N3O3S/c1-3-12-10-13(4-9-18(12)27-2)17-11-16(19(20)21)23-24(17)14-5-7-15(8-6-14)28(22,25)26/h1,4-11,19H,2H3,(H2,22,25,26). The van der Waals surface area contributed by atoms with Crippen LogP contribution < -0.4 is 9.88 Å². The molecule has 2 aromatic carbocycles. The molecule has 3 rings (SSSR count). The van der Waals surface area contributed by atoms with Crippen LogP contribution in [0.3, 0.4) is 0 Å². The molecule has 0 atom stereocenters. The fraction of sp³-hybridized carbons (Fsp3) is 0.105. The van der Waals surface area contributed by atoms with Crippen molar-refractivity contribution in [3.05, 3.63) is 59.8 Å². The van der Waals surface area contributed by atoms with Crippen LogP contribution in [-0.2, 0) is 10.0 Å². The van der Waals surface area contributed by atoms with Crippen LogP contribution in [0.4, 0.5) is 8.78 Å². The fourth-order valence-electron chi connectivity index (χ4n) is 2.67. The molecule has 0 fully saturated rings. The summed E-state index contributed by atoms with van der Waals surface area (Å²) >= 11 is 0. The number of hydrogen-bond acceptors (Lipinski definition) is 4. The van der Waals surface area contributed by atoms with Gasteiger partial charge in [0.25, 0.3) is 6.43 Å². The van der Waals surface area contributed by atoms with Crippen molar-refractivity contribution in [2.45, 2.75) is 11.3 Å². The highest BCUT2D eigenvalue weighted by atomic mass is 32.2. The Bertz CT molecular complexity index is 1160. The summed E-state index contributed by atoms with van der Waals surface area (Å²) < 4.78 is 55.8. The second-order valence-corrected chi connectivity index (χ2v) is 7.33. The number of sulfonamides is 1. The van der Waals surface area contributed by atoms with Crippen LogP contribution in [0, 0.1) is 12.3 Å². The molecule has 1 aromatic heterocycles. The molecule has 0 radical (unpaired) electrons. The number of nitrogens with two attached hydrogens (primary N) is 1. The van der Waals surface area contributed by atoms with Gasteiger partial charge in [-0.2, -0.15) is 5.10 Å². The van der Waals surface area contributed by atoms with Crippen molar-refractivity contribution in [1.29, 1.82) is 0 Å². The first-order chi connectivity index (χ1) is 13.2. The highest BCUT2D eigenvalue weighted by molar-refractivity contribution is 7.89. The molecule has 0 bridgehead atoms. The number of terminal acetylenes is 1. The lowest BCUT2D eigenvalue weighted by atomic mass is 10.1. The summed E-state index contributed by atoms with van der Waals surface area (Å²) in [5, 5.41) is 9.04. The van der Waals surface area contributed by atoms with Gasteiger partial charge >= 0.3 is 0 Å². The molecule has 144 valence electrons. The van der Waals surface area contributed by atoms with Crippen molar-refractivity contribution in [3.63, 3.8) is 0 Å². The van der Waals surface area contributed by atoms with E-state index in [1.54, 1.807) is 18.2 Å². The Balaban J connectivity index is 2.17. The van der Waals surface area contributed by atoms with E-state index in [9.17, 15) is 17.2 Å². The number of halogens is 2. The molecule has 0 aliphatic carbocycles. The van der Waals surface area contributed by atoms with Crippen LogP contribution in [0.5, 0.6) is 5.75 Å². The fourth-order valence-corrected chi connectivity index (χ4v) is 3.18. The van der Waals surface area contributed by atoms with E-state index in [0.29, 0.717) is 28.3 Å². The highest BCUT2D eigenvalue weighted by Crippen LogP contribution is 2.31. The Morgan fingerprint density at radius 2 is 1.86 bits per heavy atom. The number of rotatable bonds is 5. The van der Waals surface area contributed by atoms with E-state index in [0.717, 1.165) is 0 Å². The Labute approximate surface area is 160 Å². The lowest BCUT2D eigenvalue weighted by Crippen LogP contribution is -2.12. The summed E-state index contributed by atoms with van der Waals surface area (Å²) in [5.74, 6) is 2.96.